The zero-order valence-corrected chi connectivity index (χ0v) is 28.7. The van der Waals surface area contributed by atoms with Gasteiger partial charge in [0.1, 0.15) is 23.9 Å². The Labute approximate surface area is 297 Å². The molecule has 266 valence electrons. The van der Waals surface area contributed by atoms with Crippen molar-refractivity contribution in [3.8, 4) is 0 Å². The quantitative estimate of drug-likeness (QED) is 0.194. The summed E-state index contributed by atoms with van der Waals surface area (Å²) in [7, 11) is 1.30. The van der Waals surface area contributed by atoms with Crippen LogP contribution in [0.2, 0.25) is 0 Å². The highest BCUT2D eigenvalue weighted by atomic mass is 19.1. The summed E-state index contributed by atoms with van der Waals surface area (Å²) in [5, 5.41) is 8.32. The molecule has 0 aliphatic carbocycles. The number of methoxy groups -OCH3 is 1. The minimum atomic E-state index is -1.03. The standard InChI is InChI=1S/C40H44FN5O5/c1-51-40(50)36(23-27-12-15-28-7-2-3-8-29(28)21-27)46-20-19-45(35(39(46)49)11-6-18-42)38(48)34(22-26-13-16-32(41)17-14-26)44-37(47)33-24-30-9-4-5-10-31(30)25-43-33/h2-5,7-10,12-17,21,33-36,43H,6,11,18-20,22-25,42H2,1H3,(H,44,47). The molecule has 10 nitrogen and oxygen atoms in total. The zero-order valence-electron chi connectivity index (χ0n) is 28.7. The third kappa shape index (κ3) is 8.27. The van der Waals surface area contributed by atoms with Gasteiger partial charge in [-0.1, -0.05) is 78.9 Å². The molecule has 4 unspecified atom stereocenters. The highest BCUT2D eigenvalue weighted by molar-refractivity contribution is 5.95. The molecular formula is C40H44FN5O5. The van der Waals surface area contributed by atoms with E-state index < -0.39 is 41.9 Å². The second kappa shape index (κ2) is 16.3. The van der Waals surface area contributed by atoms with E-state index in [1.54, 1.807) is 12.1 Å². The Morgan fingerprint density at radius 1 is 0.922 bits per heavy atom. The van der Waals surface area contributed by atoms with Crippen LogP contribution in [0.4, 0.5) is 4.39 Å². The number of carbonyl (C=O) groups is 4. The van der Waals surface area contributed by atoms with Crippen LogP contribution in [-0.4, -0.2) is 84.4 Å². The van der Waals surface area contributed by atoms with Crippen molar-refractivity contribution in [1.29, 1.82) is 0 Å². The molecule has 51 heavy (non-hydrogen) atoms. The monoisotopic (exact) mass is 693 g/mol. The van der Waals surface area contributed by atoms with Crippen molar-refractivity contribution in [3.63, 3.8) is 0 Å². The number of fused-ring (bicyclic) bond motifs is 2. The Hall–Kier alpha value is -5.13. The number of benzene rings is 4. The molecule has 0 bridgehead atoms. The van der Waals surface area contributed by atoms with Gasteiger partial charge in [0.15, 0.2) is 0 Å². The molecule has 0 radical (unpaired) electrons. The number of esters is 1. The molecule has 6 rings (SSSR count). The second-order valence-electron chi connectivity index (χ2n) is 13.2. The molecule has 1 saturated heterocycles. The number of piperazine rings is 1. The lowest BCUT2D eigenvalue weighted by molar-refractivity contribution is -0.162. The number of carbonyl (C=O) groups excluding carboxylic acids is 4. The average molecular weight is 694 g/mol. The highest BCUT2D eigenvalue weighted by Gasteiger charge is 2.44. The zero-order chi connectivity index (χ0) is 35.9. The Morgan fingerprint density at radius 2 is 1.63 bits per heavy atom. The van der Waals surface area contributed by atoms with Crippen LogP contribution in [0.1, 0.15) is 35.1 Å². The lowest BCUT2D eigenvalue weighted by atomic mass is 9.94. The molecule has 2 heterocycles. The van der Waals surface area contributed by atoms with Crippen LogP contribution in [0.25, 0.3) is 10.8 Å². The molecule has 2 aliphatic rings. The van der Waals surface area contributed by atoms with Gasteiger partial charge < -0.3 is 30.9 Å². The van der Waals surface area contributed by atoms with E-state index in [9.17, 15) is 23.6 Å². The molecular weight excluding hydrogens is 649 g/mol. The van der Waals surface area contributed by atoms with Gasteiger partial charge in [0.2, 0.25) is 17.7 Å². The van der Waals surface area contributed by atoms with E-state index in [1.165, 1.54) is 29.0 Å². The Kier molecular flexibility index (Phi) is 11.4. The summed E-state index contributed by atoms with van der Waals surface area (Å²) in [6, 6.07) is 24.1. The van der Waals surface area contributed by atoms with Crippen molar-refractivity contribution in [2.75, 3.05) is 26.7 Å². The first-order valence-corrected chi connectivity index (χ1v) is 17.5. The van der Waals surface area contributed by atoms with Crippen LogP contribution >= 0.6 is 0 Å². The fourth-order valence-corrected chi connectivity index (χ4v) is 7.18. The number of hydrogen-bond donors (Lipinski definition) is 3. The smallest absolute Gasteiger partial charge is 0.328 e. The number of halogens is 1. The predicted molar refractivity (Wildman–Crippen MR) is 192 cm³/mol. The summed E-state index contributed by atoms with van der Waals surface area (Å²) in [6.07, 6.45) is 1.53. The van der Waals surface area contributed by atoms with E-state index in [4.69, 9.17) is 10.5 Å². The van der Waals surface area contributed by atoms with Crippen LogP contribution in [0.3, 0.4) is 0 Å². The lowest BCUT2D eigenvalue weighted by Gasteiger charge is -2.44. The normalized spacial score (nSPS) is 18.5. The van der Waals surface area contributed by atoms with Gasteiger partial charge in [-0.3, -0.25) is 14.4 Å². The summed E-state index contributed by atoms with van der Waals surface area (Å²) in [5.74, 6) is -2.10. The topological polar surface area (TPSA) is 134 Å². The molecule has 0 aromatic heterocycles. The Morgan fingerprint density at radius 3 is 2.37 bits per heavy atom. The SMILES string of the molecule is COC(=O)C(Cc1ccc2ccccc2c1)N1CCN(C(=O)C(Cc2ccc(F)cc2)NC(=O)C2Cc3ccccc3CN2)C(CCCN)C1=O. The summed E-state index contributed by atoms with van der Waals surface area (Å²) in [6.45, 7) is 1.04. The number of rotatable bonds is 12. The molecule has 1 fully saturated rings. The van der Waals surface area contributed by atoms with Crippen LogP contribution in [0.15, 0.2) is 91.0 Å². The first-order chi connectivity index (χ1) is 24.7. The van der Waals surface area contributed by atoms with Crippen LogP contribution < -0.4 is 16.4 Å². The van der Waals surface area contributed by atoms with Gasteiger partial charge >= 0.3 is 5.97 Å². The summed E-state index contributed by atoms with van der Waals surface area (Å²) < 4.78 is 19.0. The molecule has 11 heteroatoms. The molecule has 4 N–H and O–H groups in total. The molecule has 2 aliphatic heterocycles. The van der Waals surface area contributed by atoms with Crippen molar-refractivity contribution in [2.45, 2.75) is 62.8 Å². The van der Waals surface area contributed by atoms with Gasteiger partial charge in [-0.25, -0.2) is 9.18 Å². The minimum Gasteiger partial charge on any atom is -0.467 e. The maximum atomic E-state index is 14.5. The van der Waals surface area contributed by atoms with E-state index in [2.05, 4.69) is 10.6 Å². The molecule has 3 amide bonds. The maximum absolute atomic E-state index is 14.5. The number of nitrogens with two attached hydrogens (primary N) is 1. The number of ether oxygens (including phenoxy) is 1. The van der Waals surface area contributed by atoms with Gasteiger partial charge in [0, 0.05) is 32.5 Å². The van der Waals surface area contributed by atoms with Gasteiger partial charge in [-0.05, 0) is 71.0 Å². The maximum Gasteiger partial charge on any atom is 0.328 e. The number of nitrogens with one attached hydrogen (secondary N) is 2. The molecule has 4 aromatic rings. The molecule has 4 atom stereocenters. The third-order valence-electron chi connectivity index (χ3n) is 9.95. The molecule has 0 spiro atoms. The van der Waals surface area contributed by atoms with Crippen LogP contribution in [0.5, 0.6) is 0 Å². The fourth-order valence-electron chi connectivity index (χ4n) is 7.18. The number of nitrogens with zero attached hydrogens (tertiary/aromatic N) is 2. The van der Waals surface area contributed by atoms with Crippen molar-refractivity contribution in [1.82, 2.24) is 20.4 Å². The van der Waals surface area contributed by atoms with Gasteiger partial charge in [-0.15, -0.1) is 0 Å². The van der Waals surface area contributed by atoms with Crippen molar-refractivity contribution < 1.29 is 28.3 Å². The van der Waals surface area contributed by atoms with E-state index in [1.807, 2.05) is 66.7 Å². The molecule has 0 saturated carbocycles. The fraction of sp³-hybridized carbons (Fsp3) is 0.350. The lowest BCUT2D eigenvalue weighted by Crippen LogP contribution is -2.65. The minimum absolute atomic E-state index is 0.0925. The van der Waals surface area contributed by atoms with Crippen LogP contribution in [0, 0.1) is 5.82 Å². The number of hydrogen-bond acceptors (Lipinski definition) is 7. The largest absolute Gasteiger partial charge is 0.467 e. The number of amides is 3. The van der Waals surface area contributed by atoms with Crippen molar-refractivity contribution >= 4 is 34.5 Å². The van der Waals surface area contributed by atoms with Crippen molar-refractivity contribution in [2.24, 2.45) is 5.73 Å². The summed E-state index contributed by atoms with van der Waals surface area (Å²) >= 11 is 0. The Bertz CT molecular complexity index is 1880. The van der Waals surface area contributed by atoms with Gasteiger partial charge in [0.05, 0.1) is 13.2 Å². The summed E-state index contributed by atoms with van der Waals surface area (Å²) in [4.78, 5) is 58.9. The van der Waals surface area contributed by atoms with Gasteiger partial charge in [-0.2, -0.15) is 0 Å². The van der Waals surface area contributed by atoms with Crippen molar-refractivity contribution in [3.05, 3.63) is 119 Å². The Balaban J connectivity index is 1.24. The van der Waals surface area contributed by atoms with Gasteiger partial charge in [0.25, 0.3) is 0 Å². The van der Waals surface area contributed by atoms with E-state index in [0.29, 0.717) is 31.5 Å². The highest BCUT2D eigenvalue weighted by Crippen LogP contribution is 2.25. The van der Waals surface area contributed by atoms with Crippen LogP contribution in [-0.2, 0) is 49.7 Å². The summed E-state index contributed by atoms with van der Waals surface area (Å²) in [5.41, 5.74) is 9.59. The second-order valence-corrected chi connectivity index (χ2v) is 13.2. The average Bonchev–Trinajstić information content (AvgIpc) is 3.16. The third-order valence-corrected chi connectivity index (χ3v) is 9.95. The first kappa shape index (κ1) is 35.7. The predicted octanol–water partition coefficient (Wildman–Crippen LogP) is 3.28. The van der Waals surface area contributed by atoms with E-state index in [-0.39, 0.29) is 44.2 Å². The molecule has 4 aromatic carbocycles. The van der Waals surface area contributed by atoms with E-state index in [0.717, 1.165) is 27.5 Å². The first-order valence-electron chi connectivity index (χ1n) is 17.5. The van der Waals surface area contributed by atoms with E-state index >= 15 is 0 Å².